The van der Waals surface area contributed by atoms with Gasteiger partial charge in [-0.15, -0.1) is 0 Å². The van der Waals surface area contributed by atoms with Crippen LogP contribution in [0.5, 0.6) is 11.5 Å². The van der Waals surface area contributed by atoms with Crippen molar-refractivity contribution in [3.05, 3.63) is 87.5 Å². The Morgan fingerprint density at radius 2 is 2.09 bits per heavy atom. The fourth-order valence-electron chi connectivity index (χ4n) is 6.39. The Kier molecular flexibility index (Phi) is 6.91. The molecule has 2 aromatic heterocycles. The van der Waals surface area contributed by atoms with Gasteiger partial charge in [-0.1, -0.05) is 29.8 Å². The second kappa shape index (κ2) is 10.7. The zero-order valence-corrected chi connectivity index (χ0v) is 25.1. The predicted molar refractivity (Wildman–Crippen MR) is 163 cm³/mol. The SMILES string of the molecule is COc1cc(C(=O)O)cc2c1nc(CN1CCc3ccc4c(c3C1C)O[C@@](C)(c1ccc(Cl)cn1)C=C4)n2C[C@@H]1CCO1. The first-order valence-electron chi connectivity index (χ1n) is 14.6. The van der Waals surface area contributed by atoms with Gasteiger partial charge >= 0.3 is 5.97 Å². The predicted octanol–water partition coefficient (Wildman–Crippen LogP) is 6.02. The Balaban J connectivity index is 1.25. The van der Waals surface area contributed by atoms with Gasteiger partial charge in [-0.2, -0.15) is 0 Å². The average Bonchev–Trinajstić information content (AvgIpc) is 3.32. The third-order valence-electron chi connectivity index (χ3n) is 8.97. The highest BCUT2D eigenvalue weighted by molar-refractivity contribution is 6.30. The van der Waals surface area contributed by atoms with Crippen LogP contribution in [0.1, 0.15) is 64.9 Å². The Labute approximate surface area is 254 Å². The van der Waals surface area contributed by atoms with Crippen molar-refractivity contribution in [2.45, 2.75) is 57.5 Å². The van der Waals surface area contributed by atoms with Crippen LogP contribution in [-0.4, -0.2) is 56.9 Å². The molecule has 3 aliphatic heterocycles. The van der Waals surface area contributed by atoms with Crippen LogP contribution in [0.2, 0.25) is 5.02 Å². The summed E-state index contributed by atoms with van der Waals surface area (Å²) in [4.78, 5) is 23.9. The monoisotopic (exact) mass is 600 g/mol. The van der Waals surface area contributed by atoms with Gasteiger partial charge in [0, 0.05) is 36.5 Å². The number of rotatable bonds is 7. The number of nitrogens with zero attached hydrogens (tertiary/aromatic N) is 4. The smallest absolute Gasteiger partial charge is 0.335 e. The molecule has 4 aromatic rings. The number of halogens is 1. The van der Waals surface area contributed by atoms with Crippen LogP contribution < -0.4 is 9.47 Å². The number of imidazole rings is 1. The van der Waals surface area contributed by atoms with Crippen molar-refractivity contribution in [2.75, 3.05) is 20.3 Å². The minimum Gasteiger partial charge on any atom is -0.494 e. The van der Waals surface area contributed by atoms with Crippen LogP contribution >= 0.6 is 11.6 Å². The van der Waals surface area contributed by atoms with E-state index in [0.29, 0.717) is 29.4 Å². The summed E-state index contributed by atoms with van der Waals surface area (Å²) in [5, 5.41) is 10.3. The number of hydrogen-bond donors (Lipinski definition) is 1. The standard InChI is InChI=1S/C33H33ClN4O5/c1-19-29-20(4-5-21-8-11-33(2,43-31(21)29)27-7-6-23(34)16-35-27)9-12-37(19)18-28-36-30-25(38(28)17-24-10-13-42-24)14-22(32(39)40)15-26(30)41-3/h4-8,11,14-16,19,24H,9-10,12-13,17-18H2,1-3H3,(H,39,40)/t19?,24-,33+/m0/s1. The molecule has 0 radical (unpaired) electrons. The van der Waals surface area contributed by atoms with Crippen molar-refractivity contribution < 1.29 is 24.1 Å². The summed E-state index contributed by atoms with van der Waals surface area (Å²) in [5.41, 5.74) is 5.11. The molecule has 0 bridgehead atoms. The van der Waals surface area contributed by atoms with Gasteiger partial charge in [0.05, 0.1) is 48.1 Å². The van der Waals surface area contributed by atoms with Gasteiger partial charge in [-0.3, -0.25) is 9.88 Å². The van der Waals surface area contributed by atoms with Crippen molar-refractivity contribution in [2.24, 2.45) is 0 Å². The molecule has 0 amide bonds. The number of aromatic nitrogens is 3. The Hall–Kier alpha value is -3.92. The molecule has 1 N–H and O–H groups in total. The van der Waals surface area contributed by atoms with Crippen LogP contribution in [0.4, 0.5) is 0 Å². The first-order valence-corrected chi connectivity index (χ1v) is 14.9. The lowest BCUT2D eigenvalue weighted by atomic mass is 9.87. The van der Waals surface area contributed by atoms with Gasteiger partial charge in [0.25, 0.3) is 0 Å². The first-order chi connectivity index (χ1) is 20.7. The van der Waals surface area contributed by atoms with Crippen LogP contribution in [0.15, 0.2) is 48.7 Å². The van der Waals surface area contributed by atoms with E-state index in [-0.39, 0.29) is 17.7 Å². The quantitative estimate of drug-likeness (QED) is 0.275. The van der Waals surface area contributed by atoms with Gasteiger partial charge in [0.15, 0.2) is 5.60 Å². The van der Waals surface area contributed by atoms with Crippen molar-refractivity contribution in [3.8, 4) is 11.5 Å². The number of benzene rings is 2. The second-order valence-electron chi connectivity index (χ2n) is 11.6. The van der Waals surface area contributed by atoms with E-state index in [1.54, 1.807) is 19.4 Å². The van der Waals surface area contributed by atoms with E-state index in [4.69, 9.17) is 30.8 Å². The average molecular weight is 601 g/mol. The summed E-state index contributed by atoms with van der Waals surface area (Å²) in [6.07, 6.45) is 7.71. The third-order valence-corrected chi connectivity index (χ3v) is 9.19. The minimum atomic E-state index is -1.00. The fourth-order valence-corrected chi connectivity index (χ4v) is 6.51. The summed E-state index contributed by atoms with van der Waals surface area (Å²) in [6, 6.07) is 11.3. The summed E-state index contributed by atoms with van der Waals surface area (Å²) >= 11 is 6.11. The number of fused-ring (bicyclic) bond motifs is 4. The molecular formula is C33H33ClN4O5. The van der Waals surface area contributed by atoms with Crippen molar-refractivity contribution in [1.29, 1.82) is 0 Å². The molecule has 2 aromatic carbocycles. The molecule has 1 fully saturated rings. The van der Waals surface area contributed by atoms with E-state index >= 15 is 0 Å². The summed E-state index contributed by atoms with van der Waals surface area (Å²) in [5.74, 6) is 1.17. The van der Waals surface area contributed by atoms with Gasteiger partial charge in [-0.25, -0.2) is 9.78 Å². The van der Waals surface area contributed by atoms with Crippen LogP contribution in [0.3, 0.4) is 0 Å². The number of carbonyl (C=O) groups is 1. The van der Waals surface area contributed by atoms with E-state index in [1.165, 1.54) is 17.2 Å². The van der Waals surface area contributed by atoms with Crippen LogP contribution in [-0.2, 0) is 29.8 Å². The highest BCUT2D eigenvalue weighted by Crippen LogP contribution is 2.45. The number of carboxylic acids is 1. The molecule has 5 heterocycles. The van der Waals surface area contributed by atoms with E-state index < -0.39 is 11.6 Å². The highest BCUT2D eigenvalue weighted by Gasteiger charge is 2.36. The fraction of sp³-hybridized carbons (Fsp3) is 0.364. The molecule has 1 saturated heterocycles. The zero-order valence-electron chi connectivity index (χ0n) is 24.3. The van der Waals surface area contributed by atoms with Gasteiger partial charge < -0.3 is 23.9 Å². The van der Waals surface area contributed by atoms with E-state index in [9.17, 15) is 9.90 Å². The zero-order chi connectivity index (χ0) is 29.9. The van der Waals surface area contributed by atoms with Crippen LogP contribution in [0.25, 0.3) is 17.1 Å². The third kappa shape index (κ3) is 4.85. The molecule has 0 saturated carbocycles. The van der Waals surface area contributed by atoms with Gasteiger partial charge in [-0.05, 0) is 62.6 Å². The minimum absolute atomic E-state index is 0.0392. The molecule has 222 valence electrons. The van der Waals surface area contributed by atoms with Crippen molar-refractivity contribution >= 4 is 34.7 Å². The lowest BCUT2D eigenvalue weighted by molar-refractivity contribution is -0.0592. The molecule has 3 aliphatic rings. The summed E-state index contributed by atoms with van der Waals surface area (Å²) < 4.78 is 20.3. The number of methoxy groups -OCH3 is 1. The Morgan fingerprint density at radius 1 is 1.26 bits per heavy atom. The van der Waals surface area contributed by atoms with E-state index in [0.717, 1.165) is 54.3 Å². The lowest BCUT2D eigenvalue weighted by Gasteiger charge is -2.39. The maximum atomic E-state index is 11.9. The summed E-state index contributed by atoms with van der Waals surface area (Å²) in [6.45, 7) is 7.00. The molecule has 43 heavy (non-hydrogen) atoms. The Bertz CT molecular complexity index is 1760. The van der Waals surface area contributed by atoms with Gasteiger partial charge in [0.1, 0.15) is 22.8 Å². The van der Waals surface area contributed by atoms with Gasteiger partial charge in [0.2, 0.25) is 0 Å². The number of pyridine rings is 1. The molecule has 7 rings (SSSR count). The molecule has 9 nitrogen and oxygen atoms in total. The second-order valence-corrected chi connectivity index (χ2v) is 12.1. The highest BCUT2D eigenvalue weighted by atomic mass is 35.5. The van der Waals surface area contributed by atoms with Crippen LogP contribution in [0, 0.1) is 0 Å². The number of carboxylic acid groups (broad SMARTS) is 1. The molecule has 10 heteroatoms. The normalized spacial score (nSPS) is 22.9. The summed E-state index contributed by atoms with van der Waals surface area (Å²) in [7, 11) is 1.54. The van der Waals surface area contributed by atoms with Crippen molar-refractivity contribution in [3.63, 3.8) is 0 Å². The molecule has 0 spiro atoms. The van der Waals surface area contributed by atoms with E-state index in [2.05, 4.69) is 39.6 Å². The Morgan fingerprint density at radius 3 is 2.79 bits per heavy atom. The van der Waals surface area contributed by atoms with Crippen molar-refractivity contribution in [1.82, 2.24) is 19.4 Å². The van der Waals surface area contributed by atoms with E-state index in [1.807, 2.05) is 25.1 Å². The number of aromatic carboxylic acids is 1. The molecule has 3 atom stereocenters. The first kappa shape index (κ1) is 27.9. The number of ether oxygens (including phenoxy) is 3. The maximum absolute atomic E-state index is 11.9. The molecular weight excluding hydrogens is 568 g/mol. The maximum Gasteiger partial charge on any atom is 0.335 e. The largest absolute Gasteiger partial charge is 0.494 e. The topological polar surface area (TPSA) is 98.9 Å². The molecule has 0 aliphatic carbocycles. The lowest BCUT2D eigenvalue weighted by Crippen LogP contribution is -2.37. The molecule has 1 unspecified atom stereocenters. The number of hydrogen-bond acceptors (Lipinski definition) is 7.